The average Bonchev–Trinajstić information content (AvgIpc) is 2.79. The highest BCUT2D eigenvalue weighted by molar-refractivity contribution is 5.81. The lowest BCUT2D eigenvalue weighted by atomic mass is 9.77. The van der Waals surface area contributed by atoms with Crippen molar-refractivity contribution in [2.75, 3.05) is 11.9 Å². The summed E-state index contributed by atoms with van der Waals surface area (Å²) in [5.41, 5.74) is 3.31. The molecule has 96 valence electrons. The number of hydrogen-bond acceptors (Lipinski definition) is 2. The van der Waals surface area contributed by atoms with Crippen LogP contribution in [0.5, 0.6) is 0 Å². The SMILES string of the molecule is Cc1ccc2c(c1)N(C)C1CCCC1C2C(=O)O. The molecule has 1 aromatic carbocycles. The third-order valence-corrected chi connectivity index (χ3v) is 4.62. The summed E-state index contributed by atoms with van der Waals surface area (Å²) in [4.78, 5) is 13.9. The van der Waals surface area contributed by atoms with Gasteiger partial charge in [-0.05, 0) is 42.9 Å². The monoisotopic (exact) mass is 245 g/mol. The number of carboxylic acids is 1. The highest BCUT2D eigenvalue weighted by Crippen LogP contribution is 2.48. The Balaban J connectivity index is 2.15. The summed E-state index contributed by atoms with van der Waals surface area (Å²) in [6, 6.07) is 6.56. The van der Waals surface area contributed by atoms with E-state index in [0.29, 0.717) is 6.04 Å². The molecule has 3 heteroatoms. The van der Waals surface area contributed by atoms with Crippen LogP contribution in [0.25, 0.3) is 0 Å². The average molecular weight is 245 g/mol. The summed E-state index contributed by atoms with van der Waals surface area (Å²) < 4.78 is 0. The normalized spacial score (nSPS) is 29.9. The van der Waals surface area contributed by atoms with Gasteiger partial charge in [0.2, 0.25) is 0 Å². The first-order chi connectivity index (χ1) is 8.59. The Bertz CT molecular complexity index is 497. The van der Waals surface area contributed by atoms with Gasteiger partial charge in [0.25, 0.3) is 0 Å². The van der Waals surface area contributed by atoms with E-state index in [1.54, 1.807) is 0 Å². The summed E-state index contributed by atoms with van der Waals surface area (Å²) in [5, 5.41) is 9.57. The molecule has 0 aromatic heterocycles. The van der Waals surface area contributed by atoms with E-state index in [9.17, 15) is 9.90 Å². The summed E-state index contributed by atoms with van der Waals surface area (Å²) in [6.07, 6.45) is 3.31. The lowest BCUT2D eigenvalue weighted by molar-refractivity contribution is -0.140. The molecular weight excluding hydrogens is 226 g/mol. The number of hydrogen-bond donors (Lipinski definition) is 1. The number of carbonyl (C=O) groups is 1. The fraction of sp³-hybridized carbons (Fsp3) is 0.533. The van der Waals surface area contributed by atoms with Crippen LogP contribution in [-0.4, -0.2) is 24.2 Å². The molecule has 1 N–H and O–H groups in total. The van der Waals surface area contributed by atoms with Gasteiger partial charge in [-0.2, -0.15) is 0 Å². The van der Waals surface area contributed by atoms with E-state index < -0.39 is 5.97 Å². The van der Waals surface area contributed by atoms with E-state index >= 15 is 0 Å². The number of carboxylic acid groups (broad SMARTS) is 1. The number of aryl methyl sites for hydroxylation is 1. The van der Waals surface area contributed by atoms with E-state index in [4.69, 9.17) is 0 Å². The second-order valence-electron chi connectivity index (χ2n) is 5.65. The Morgan fingerprint density at radius 2 is 2.17 bits per heavy atom. The number of rotatable bonds is 1. The van der Waals surface area contributed by atoms with Crippen molar-refractivity contribution in [1.82, 2.24) is 0 Å². The minimum absolute atomic E-state index is 0.280. The van der Waals surface area contributed by atoms with Gasteiger partial charge in [0.15, 0.2) is 0 Å². The maximum absolute atomic E-state index is 11.6. The predicted molar refractivity (Wildman–Crippen MR) is 71.1 cm³/mol. The fourth-order valence-electron chi connectivity index (χ4n) is 3.79. The second kappa shape index (κ2) is 4.01. The maximum Gasteiger partial charge on any atom is 0.311 e. The molecule has 3 rings (SSSR count). The summed E-state index contributed by atoms with van der Waals surface area (Å²) in [5.74, 6) is -0.697. The lowest BCUT2D eigenvalue weighted by Crippen LogP contribution is -2.44. The van der Waals surface area contributed by atoms with Crippen LogP contribution < -0.4 is 4.90 Å². The van der Waals surface area contributed by atoms with Crippen LogP contribution in [0.3, 0.4) is 0 Å². The molecule has 1 heterocycles. The van der Waals surface area contributed by atoms with Gasteiger partial charge >= 0.3 is 5.97 Å². The molecular formula is C15H19NO2. The largest absolute Gasteiger partial charge is 0.481 e. The zero-order valence-electron chi connectivity index (χ0n) is 10.9. The smallest absolute Gasteiger partial charge is 0.311 e. The molecule has 2 aliphatic rings. The summed E-state index contributed by atoms with van der Waals surface area (Å²) in [6.45, 7) is 2.06. The standard InChI is InChI=1S/C15H19NO2/c1-9-6-7-11-13(8-9)16(2)12-5-3-4-10(12)14(11)15(17)18/h6-8,10,12,14H,3-5H2,1-2H3,(H,17,18). The number of anilines is 1. The number of fused-ring (bicyclic) bond motifs is 2. The van der Waals surface area contributed by atoms with E-state index in [-0.39, 0.29) is 11.8 Å². The molecule has 1 aliphatic carbocycles. The Morgan fingerprint density at radius 3 is 2.89 bits per heavy atom. The van der Waals surface area contributed by atoms with Gasteiger partial charge < -0.3 is 10.0 Å². The minimum atomic E-state index is -0.662. The van der Waals surface area contributed by atoms with Crippen molar-refractivity contribution in [3.63, 3.8) is 0 Å². The topological polar surface area (TPSA) is 40.5 Å². The van der Waals surface area contributed by atoms with Crippen LogP contribution in [0.2, 0.25) is 0 Å². The van der Waals surface area contributed by atoms with Crippen molar-refractivity contribution in [2.45, 2.75) is 38.1 Å². The molecule has 0 amide bonds. The van der Waals surface area contributed by atoms with Gasteiger partial charge in [-0.25, -0.2) is 0 Å². The molecule has 3 nitrogen and oxygen atoms in total. The van der Waals surface area contributed by atoms with Crippen LogP contribution in [0.1, 0.15) is 36.3 Å². The van der Waals surface area contributed by atoms with Gasteiger partial charge in [-0.1, -0.05) is 18.6 Å². The molecule has 0 saturated heterocycles. The van der Waals surface area contributed by atoms with E-state index in [2.05, 4.69) is 24.9 Å². The van der Waals surface area contributed by atoms with Gasteiger partial charge in [0, 0.05) is 18.8 Å². The van der Waals surface area contributed by atoms with Crippen LogP contribution >= 0.6 is 0 Å². The molecule has 1 saturated carbocycles. The summed E-state index contributed by atoms with van der Waals surface area (Å²) >= 11 is 0. The first-order valence-corrected chi connectivity index (χ1v) is 6.66. The number of benzene rings is 1. The zero-order valence-corrected chi connectivity index (χ0v) is 10.9. The maximum atomic E-state index is 11.6. The van der Waals surface area contributed by atoms with Crippen LogP contribution in [-0.2, 0) is 4.79 Å². The molecule has 1 fully saturated rings. The van der Waals surface area contributed by atoms with Crippen LogP contribution in [0, 0.1) is 12.8 Å². The van der Waals surface area contributed by atoms with E-state index in [1.165, 1.54) is 5.56 Å². The minimum Gasteiger partial charge on any atom is -0.481 e. The van der Waals surface area contributed by atoms with Gasteiger partial charge in [0.05, 0.1) is 5.92 Å². The van der Waals surface area contributed by atoms with E-state index in [0.717, 1.165) is 30.5 Å². The Labute approximate surface area is 107 Å². The first kappa shape index (κ1) is 11.6. The molecule has 1 aliphatic heterocycles. The lowest BCUT2D eigenvalue weighted by Gasteiger charge is -2.41. The Morgan fingerprint density at radius 1 is 1.39 bits per heavy atom. The van der Waals surface area contributed by atoms with Crippen molar-refractivity contribution in [1.29, 1.82) is 0 Å². The fourth-order valence-corrected chi connectivity index (χ4v) is 3.79. The third-order valence-electron chi connectivity index (χ3n) is 4.62. The number of nitrogens with zero attached hydrogens (tertiary/aromatic N) is 1. The third kappa shape index (κ3) is 1.53. The van der Waals surface area contributed by atoms with Crippen molar-refractivity contribution in [3.05, 3.63) is 29.3 Å². The van der Waals surface area contributed by atoms with Gasteiger partial charge in [-0.15, -0.1) is 0 Å². The van der Waals surface area contributed by atoms with Crippen molar-refractivity contribution < 1.29 is 9.90 Å². The molecule has 0 radical (unpaired) electrons. The molecule has 0 spiro atoms. The molecule has 18 heavy (non-hydrogen) atoms. The number of aliphatic carboxylic acids is 1. The molecule has 0 bridgehead atoms. The quantitative estimate of drug-likeness (QED) is 0.827. The van der Waals surface area contributed by atoms with E-state index in [1.807, 2.05) is 12.1 Å². The van der Waals surface area contributed by atoms with Crippen molar-refractivity contribution in [2.24, 2.45) is 5.92 Å². The molecule has 3 atom stereocenters. The predicted octanol–water partition coefficient (Wildman–Crippen LogP) is 2.78. The molecule has 1 aromatic rings. The highest BCUT2D eigenvalue weighted by atomic mass is 16.4. The zero-order chi connectivity index (χ0) is 12.9. The highest BCUT2D eigenvalue weighted by Gasteiger charge is 2.45. The second-order valence-corrected chi connectivity index (χ2v) is 5.65. The van der Waals surface area contributed by atoms with Crippen LogP contribution in [0.15, 0.2) is 18.2 Å². The van der Waals surface area contributed by atoms with Gasteiger partial charge in [0.1, 0.15) is 0 Å². The van der Waals surface area contributed by atoms with Crippen LogP contribution in [0.4, 0.5) is 5.69 Å². The van der Waals surface area contributed by atoms with Gasteiger partial charge in [-0.3, -0.25) is 4.79 Å². The van der Waals surface area contributed by atoms with Crippen molar-refractivity contribution >= 4 is 11.7 Å². The molecule has 3 unspecified atom stereocenters. The van der Waals surface area contributed by atoms with Crippen molar-refractivity contribution in [3.8, 4) is 0 Å². The first-order valence-electron chi connectivity index (χ1n) is 6.66. The Kier molecular flexibility index (Phi) is 2.58. The summed E-state index contributed by atoms with van der Waals surface area (Å²) in [7, 11) is 2.11. The Hall–Kier alpha value is -1.51.